The quantitative estimate of drug-likeness (QED) is 0.0678. The summed E-state index contributed by atoms with van der Waals surface area (Å²) in [6.07, 6.45) is -0.967. The summed E-state index contributed by atoms with van der Waals surface area (Å²) in [4.78, 5) is 81.3. The van der Waals surface area contributed by atoms with Gasteiger partial charge in [-0.05, 0) is 118 Å². The normalized spacial score (nSPS) is 20.4. The van der Waals surface area contributed by atoms with Crippen LogP contribution in [0.3, 0.4) is 0 Å². The number of hydrogen-bond donors (Lipinski definition) is 4. The maximum atomic E-state index is 15.4. The number of aromatic nitrogens is 2. The summed E-state index contributed by atoms with van der Waals surface area (Å²) in [5.74, 6) is -3.98. The van der Waals surface area contributed by atoms with Crippen molar-refractivity contribution in [2.75, 3.05) is 22.9 Å². The van der Waals surface area contributed by atoms with E-state index in [0.29, 0.717) is 61.4 Å². The Balaban J connectivity index is 0.849. The van der Waals surface area contributed by atoms with E-state index in [-0.39, 0.29) is 60.6 Å². The van der Waals surface area contributed by atoms with Gasteiger partial charge in [-0.2, -0.15) is 18.4 Å². The Hall–Kier alpha value is -6.37. The van der Waals surface area contributed by atoms with Gasteiger partial charge < -0.3 is 30.9 Å². The fourth-order valence-corrected chi connectivity index (χ4v) is 11.0. The van der Waals surface area contributed by atoms with Crippen LogP contribution in [0.5, 0.6) is 0 Å². The van der Waals surface area contributed by atoms with Crippen LogP contribution < -0.4 is 25.8 Å². The number of aliphatic hydroxyl groups is 1. The van der Waals surface area contributed by atoms with Gasteiger partial charge in [0.15, 0.2) is 10.9 Å². The molecule has 2 aliphatic heterocycles. The van der Waals surface area contributed by atoms with Crippen molar-refractivity contribution >= 4 is 69.6 Å². The van der Waals surface area contributed by atoms with Crippen molar-refractivity contribution in [3.8, 4) is 16.5 Å². The van der Waals surface area contributed by atoms with E-state index in [0.717, 1.165) is 33.8 Å². The number of β-amino-alcohol motifs (C(OH)–C–C–N with tert-alkyl or cyclic N) is 1. The first kappa shape index (κ1) is 54.4. The van der Waals surface area contributed by atoms with Gasteiger partial charge >= 0.3 is 6.18 Å². The van der Waals surface area contributed by atoms with Crippen molar-refractivity contribution in [3.63, 3.8) is 0 Å². The second kappa shape index (κ2) is 22.0. The van der Waals surface area contributed by atoms with E-state index in [1.165, 1.54) is 35.9 Å². The van der Waals surface area contributed by atoms with Crippen LogP contribution in [0.2, 0.25) is 0 Å². The Morgan fingerprint density at radius 1 is 0.986 bits per heavy atom. The summed E-state index contributed by atoms with van der Waals surface area (Å²) in [5.41, 5.74) is 0.0171. The number of likely N-dealkylation sites (tertiary alicyclic amines) is 1. The van der Waals surface area contributed by atoms with E-state index in [2.05, 4.69) is 25.9 Å². The van der Waals surface area contributed by atoms with Crippen molar-refractivity contribution in [2.24, 2.45) is 17.3 Å². The molecule has 5 amide bonds. The number of aliphatic hydroxyl groups excluding tert-OH is 1. The van der Waals surface area contributed by atoms with Gasteiger partial charge in [-0.15, -0.1) is 11.3 Å². The second-order valence-corrected chi connectivity index (χ2v) is 21.7. The molecule has 7 rings (SSSR count). The highest BCUT2D eigenvalue weighted by molar-refractivity contribution is 7.81. The lowest BCUT2D eigenvalue weighted by Gasteiger charge is -2.37. The minimum Gasteiger partial charge on any atom is -0.391 e. The SMILES string of the molecule is Cc1ncsc1-c1ccc(CNC(=O)[C@@H]2C[C@@H](O)CN2C(=O)[C@@H](NC(=O)C2CCC(CNC(=O)CCCc3ccc(N4C(=S)N(c5ccc(C#N)c(C(F)(F)F)c5F)C(=O)C4(C)C)cn3)CC2)C(C)(C)C)cc1. The molecule has 4 heterocycles. The van der Waals surface area contributed by atoms with Crippen LogP contribution in [0.1, 0.15) is 108 Å². The Labute approximate surface area is 430 Å². The first-order valence-corrected chi connectivity index (χ1v) is 25.5. The van der Waals surface area contributed by atoms with Crippen LogP contribution in [0, 0.1) is 41.3 Å². The smallest absolute Gasteiger partial charge is 0.391 e. The number of aryl methyl sites for hydroxylation is 2. The van der Waals surface area contributed by atoms with Crippen molar-refractivity contribution < 1.29 is 46.6 Å². The Kier molecular flexibility index (Phi) is 16.4. The minimum atomic E-state index is -5.20. The van der Waals surface area contributed by atoms with E-state index in [4.69, 9.17) is 12.2 Å². The summed E-state index contributed by atoms with van der Waals surface area (Å²) < 4.78 is 56.7. The van der Waals surface area contributed by atoms with Crippen molar-refractivity contribution in [1.82, 2.24) is 30.8 Å². The van der Waals surface area contributed by atoms with Crippen LogP contribution in [-0.4, -0.2) is 91.4 Å². The zero-order valence-corrected chi connectivity index (χ0v) is 43.1. The van der Waals surface area contributed by atoms with Crippen LogP contribution >= 0.6 is 23.6 Å². The van der Waals surface area contributed by atoms with Gasteiger partial charge in [0.2, 0.25) is 23.6 Å². The fourth-order valence-electron chi connectivity index (χ4n) is 9.69. The number of carbonyl (C=O) groups excluding carboxylic acids is 5. The number of rotatable bonds is 15. The molecule has 15 nitrogen and oxygen atoms in total. The van der Waals surface area contributed by atoms with Crippen molar-refractivity contribution in [1.29, 1.82) is 5.26 Å². The molecule has 73 heavy (non-hydrogen) atoms. The summed E-state index contributed by atoms with van der Waals surface area (Å²) >= 11 is 7.08. The number of alkyl halides is 3. The van der Waals surface area contributed by atoms with Crippen LogP contribution in [0.25, 0.3) is 10.4 Å². The molecule has 3 fully saturated rings. The lowest BCUT2D eigenvalue weighted by molar-refractivity contribution is -0.144. The number of hydrogen-bond acceptors (Lipinski definition) is 11. The van der Waals surface area contributed by atoms with Gasteiger partial charge in [0.25, 0.3) is 5.91 Å². The van der Waals surface area contributed by atoms with Gasteiger partial charge in [-0.3, -0.25) is 33.9 Å². The molecule has 4 N–H and O–H groups in total. The predicted molar refractivity (Wildman–Crippen MR) is 270 cm³/mol. The lowest BCUT2D eigenvalue weighted by atomic mass is 9.80. The number of nitrogens with one attached hydrogen (secondary N) is 3. The maximum absolute atomic E-state index is 15.4. The summed E-state index contributed by atoms with van der Waals surface area (Å²) in [6.45, 7) is 11.1. The number of thiocarbonyl (C=S) groups is 1. The first-order valence-electron chi connectivity index (χ1n) is 24.2. The van der Waals surface area contributed by atoms with E-state index < -0.39 is 69.8 Å². The second-order valence-electron chi connectivity index (χ2n) is 20.5. The number of thiazole rings is 1. The number of nitrogens with zero attached hydrogens (tertiary/aromatic N) is 6. The standard InChI is InChI=1S/C52H59F4N9O6S2/c1-29-43(73-28-61-29)32-14-10-31(11-15-32)25-60-46(69)39-22-37(66)27-63(39)47(70)44(50(2,3)4)62-45(68)33-16-12-30(13-17-33)24-59-40(67)9-7-8-35-19-20-36(26-58-35)65-49(72)64(48(71)51(65,5)6)38-21-18-34(23-57)41(42(38)53)52(54,55)56/h10-11,14-15,18-21,26,28,30,33,37,39,44,66H,7-9,12-13,16-17,22,24-25,27H2,1-6H3,(H,59,67)(H,60,69)(H,62,68)/t30?,33?,37-,39+,44-/m1/s1. The highest BCUT2D eigenvalue weighted by Crippen LogP contribution is 2.42. The molecule has 2 aromatic carbocycles. The molecule has 2 aromatic heterocycles. The minimum absolute atomic E-state index is 0.0303. The number of halogens is 4. The van der Waals surface area contributed by atoms with Crippen LogP contribution in [-0.2, 0) is 43.1 Å². The lowest BCUT2D eigenvalue weighted by Crippen LogP contribution is -2.58. The van der Waals surface area contributed by atoms with Gasteiger partial charge in [0, 0.05) is 44.1 Å². The van der Waals surface area contributed by atoms with Gasteiger partial charge in [-0.25, -0.2) is 9.37 Å². The van der Waals surface area contributed by atoms with Crippen molar-refractivity contribution in [2.45, 2.75) is 129 Å². The molecule has 21 heteroatoms. The number of nitriles is 1. The molecule has 4 aromatic rings. The molecule has 1 saturated carbocycles. The molecule has 0 radical (unpaired) electrons. The zero-order valence-electron chi connectivity index (χ0n) is 41.4. The fraction of sp³-hybridized carbons (Fsp3) is 0.481. The molecule has 0 spiro atoms. The first-order chi connectivity index (χ1) is 34.4. The topological polar surface area (TPSA) is 201 Å². The molecule has 0 bridgehead atoms. The number of anilines is 2. The number of benzene rings is 2. The Morgan fingerprint density at radius 3 is 2.29 bits per heavy atom. The third kappa shape index (κ3) is 12.0. The number of carbonyl (C=O) groups is 5. The summed E-state index contributed by atoms with van der Waals surface area (Å²) in [7, 11) is 0. The van der Waals surface area contributed by atoms with E-state index in [9.17, 15) is 47.5 Å². The van der Waals surface area contributed by atoms with Gasteiger partial charge in [0.1, 0.15) is 23.2 Å². The molecule has 0 unspecified atom stereocenters. The molecule has 3 aliphatic rings. The predicted octanol–water partition coefficient (Wildman–Crippen LogP) is 7.51. The highest BCUT2D eigenvalue weighted by atomic mass is 32.1. The maximum Gasteiger partial charge on any atom is 0.420 e. The third-order valence-electron chi connectivity index (χ3n) is 13.8. The Bertz CT molecular complexity index is 2780. The molecular weight excluding hydrogens is 987 g/mol. The highest BCUT2D eigenvalue weighted by Gasteiger charge is 2.52. The zero-order chi connectivity index (χ0) is 53.2. The Morgan fingerprint density at radius 2 is 1.68 bits per heavy atom. The van der Waals surface area contributed by atoms with Crippen molar-refractivity contribution in [3.05, 3.63) is 94.1 Å². The largest absolute Gasteiger partial charge is 0.420 e. The molecule has 1 aliphatic carbocycles. The van der Waals surface area contributed by atoms with Gasteiger partial charge in [-0.1, -0.05) is 45.0 Å². The molecular formula is C52H59F4N9O6S2. The third-order valence-corrected chi connectivity index (χ3v) is 15.2. The molecule has 388 valence electrons. The summed E-state index contributed by atoms with van der Waals surface area (Å²) in [6, 6.07) is 12.3. The molecule has 3 atom stereocenters. The average molecular weight is 1050 g/mol. The van der Waals surface area contributed by atoms with E-state index in [1.54, 1.807) is 29.0 Å². The van der Waals surface area contributed by atoms with Gasteiger partial charge in [0.05, 0.1) is 51.4 Å². The summed E-state index contributed by atoms with van der Waals surface area (Å²) in [5, 5.41) is 28.5. The van der Waals surface area contributed by atoms with Crippen LogP contribution in [0.4, 0.5) is 28.9 Å². The van der Waals surface area contributed by atoms with E-state index in [1.807, 2.05) is 52.0 Å². The number of pyridine rings is 1. The van der Waals surface area contributed by atoms with E-state index >= 15 is 4.39 Å². The van der Waals surface area contributed by atoms with Crippen LogP contribution in [0.15, 0.2) is 60.2 Å². The monoisotopic (exact) mass is 1050 g/mol. The average Bonchev–Trinajstić information content (AvgIpc) is 4.01. The molecule has 2 saturated heterocycles. The number of amides is 5.